The molecule has 2 heterocycles. The predicted molar refractivity (Wildman–Crippen MR) is 86.3 cm³/mol. The minimum absolute atomic E-state index is 0.776. The van der Waals surface area contributed by atoms with E-state index in [2.05, 4.69) is 9.50 Å². The molecule has 0 spiro atoms. The number of carbonyl (C=O) groups excluding carboxylic acids is 1. The topological polar surface area (TPSA) is 259 Å². The second kappa shape index (κ2) is 9.32. The van der Waals surface area contributed by atoms with E-state index in [0.29, 0.717) is 0 Å². The number of hydrogen-bond donors (Lipinski definition) is 8. The van der Waals surface area contributed by atoms with Gasteiger partial charge in [0, 0.05) is 6.92 Å². The van der Waals surface area contributed by atoms with Gasteiger partial charge in [0.25, 0.3) is 0 Å². The Balaban J connectivity index is 2.31. The standard InChI is InChI=1S/C13H21NO15S/c1-2(15)14-3-8(7(19)13(28-11(3)22)29-30(23,24)25)26-12-6(18)4(16)5(17)9(27-12)10(20)21/h3-9,11-13,16-19,22H,1H3,(H,14,15)(H,20,21)(H,23,24,25). The zero-order valence-electron chi connectivity index (χ0n) is 15.1. The zero-order chi connectivity index (χ0) is 23.0. The lowest BCUT2D eigenvalue weighted by molar-refractivity contribution is -0.350. The molecule has 0 radical (unpaired) electrons. The molecular weight excluding hydrogens is 442 g/mol. The van der Waals surface area contributed by atoms with Crippen LogP contribution in [0.1, 0.15) is 6.92 Å². The van der Waals surface area contributed by atoms with E-state index in [1.807, 2.05) is 0 Å². The fourth-order valence-corrected chi connectivity index (χ4v) is 3.30. The van der Waals surface area contributed by atoms with E-state index < -0.39 is 83.8 Å². The number of amides is 1. The van der Waals surface area contributed by atoms with Crippen molar-refractivity contribution in [2.75, 3.05) is 0 Å². The Morgan fingerprint density at radius 2 is 1.53 bits per heavy atom. The molecule has 17 heteroatoms. The highest BCUT2D eigenvalue weighted by Gasteiger charge is 2.53. The summed E-state index contributed by atoms with van der Waals surface area (Å²) in [5, 5.41) is 61.1. The molecule has 0 bridgehead atoms. The van der Waals surface area contributed by atoms with Gasteiger partial charge in [0.2, 0.25) is 12.2 Å². The molecule has 0 aromatic carbocycles. The van der Waals surface area contributed by atoms with Crippen molar-refractivity contribution in [3.8, 4) is 0 Å². The van der Waals surface area contributed by atoms with E-state index in [1.54, 1.807) is 0 Å². The lowest BCUT2D eigenvalue weighted by Crippen LogP contribution is -2.67. The summed E-state index contributed by atoms with van der Waals surface area (Å²) in [5.41, 5.74) is 0. The van der Waals surface area contributed by atoms with Crippen LogP contribution in [0.3, 0.4) is 0 Å². The maximum absolute atomic E-state index is 11.4. The Hall–Kier alpha value is -1.51. The third-order valence-corrected chi connectivity index (χ3v) is 4.67. The quantitative estimate of drug-likeness (QED) is 0.171. The highest BCUT2D eigenvalue weighted by atomic mass is 32.3. The fourth-order valence-electron chi connectivity index (χ4n) is 2.90. The van der Waals surface area contributed by atoms with E-state index in [4.69, 9.17) is 23.9 Å². The minimum atomic E-state index is -5.19. The van der Waals surface area contributed by atoms with E-state index >= 15 is 0 Å². The first-order valence-corrected chi connectivity index (χ1v) is 9.61. The van der Waals surface area contributed by atoms with E-state index in [-0.39, 0.29) is 0 Å². The summed E-state index contributed by atoms with van der Waals surface area (Å²) in [6, 6.07) is -1.64. The molecule has 2 aliphatic rings. The molecule has 0 saturated carbocycles. The molecule has 0 aliphatic carbocycles. The van der Waals surface area contributed by atoms with Gasteiger partial charge in [-0.2, -0.15) is 8.42 Å². The third kappa shape index (κ3) is 5.59. The maximum Gasteiger partial charge on any atom is 0.399 e. The smallest absolute Gasteiger partial charge is 0.399 e. The van der Waals surface area contributed by atoms with Gasteiger partial charge in [0.1, 0.15) is 36.6 Å². The second-order valence-electron chi connectivity index (χ2n) is 6.47. The van der Waals surface area contributed by atoms with Gasteiger partial charge in [-0.1, -0.05) is 0 Å². The van der Waals surface area contributed by atoms with Gasteiger partial charge in [0.05, 0.1) is 0 Å². The zero-order valence-corrected chi connectivity index (χ0v) is 15.9. The summed E-state index contributed by atoms with van der Waals surface area (Å²) in [7, 11) is -5.19. The summed E-state index contributed by atoms with van der Waals surface area (Å²) in [6.07, 6.45) is -18.7. The number of aliphatic hydroxyl groups is 5. The van der Waals surface area contributed by atoms with Crippen molar-refractivity contribution >= 4 is 22.3 Å². The molecule has 16 nitrogen and oxygen atoms in total. The number of rotatable bonds is 6. The third-order valence-electron chi connectivity index (χ3n) is 4.24. The van der Waals surface area contributed by atoms with Gasteiger partial charge >= 0.3 is 16.4 Å². The monoisotopic (exact) mass is 463 g/mol. The van der Waals surface area contributed by atoms with E-state index in [1.165, 1.54) is 0 Å². The molecular formula is C13H21NO15S. The van der Waals surface area contributed by atoms with Gasteiger partial charge in [-0.05, 0) is 0 Å². The fraction of sp³-hybridized carbons (Fsp3) is 0.846. The average Bonchev–Trinajstić information content (AvgIpc) is 2.60. The van der Waals surface area contributed by atoms with Gasteiger partial charge in [-0.3, -0.25) is 9.35 Å². The van der Waals surface area contributed by atoms with Gasteiger partial charge in [-0.25, -0.2) is 8.98 Å². The number of aliphatic carboxylic acids is 1. The minimum Gasteiger partial charge on any atom is -0.479 e. The molecule has 2 aliphatic heterocycles. The Kier molecular flexibility index (Phi) is 7.69. The molecule has 2 rings (SSSR count). The van der Waals surface area contributed by atoms with Crippen LogP contribution in [-0.4, -0.2) is 117 Å². The first-order chi connectivity index (χ1) is 13.7. The van der Waals surface area contributed by atoms with Crippen molar-refractivity contribution in [2.24, 2.45) is 0 Å². The Labute approximate surface area is 168 Å². The van der Waals surface area contributed by atoms with Crippen LogP contribution in [0.5, 0.6) is 0 Å². The van der Waals surface area contributed by atoms with Crippen LogP contribution in [0, 0.1) is 0 Å². The van der Waals surface area contributed by atoms with Crippen LogP contribution in [0.2, 0.25) is 0 Å². The molecule has 2 fully saturated rings. The van der Waals surface area contributed by atoms with E-state index in [0.717, 1.165) is 6.92 Å². The van der Waals surface area contributed by atoms with Crippen LogP contribution in [-0.2, 0) is 38.4 Å². The van der Waals surface area contributed by atoms with Gasteiger partial charge in [-0.15, -0.1) is 0 Å². The van der Waals surface area contributed by atoms with Crippen molar-refractivity contribution in [1.82, 2.24) is 5.32 Å². The molecule has 1 amide bonds. The predicted octanol–water partition coefficient (Wildman–Crippen LogP) is -5.38. The van der Waals surface area contributed by atoms with Crippen LogP contribution in [0.4, 0.5) is 0 Å². The maximum atomic E-state index is 11.4. The lowest BCUT2D eigenvalue weighted by atomic mass is 9.97. The van der Waals surface area contributed by atoms with Gasteiger partial charge in [0.15, 0.2) is 18.7 Å². The summed E-state index contributed by atoms with van der Waals surface area (Å²) in [4.78, 5) is 22.6. The van der Waals surface area contributed by atoms with Gasteiger partial charge < -0.3 is 50.2 Å². The lowest BCUT2D eigenvalue weighted by Gasteiger charge is -2.45. The number of hydrogen-bond acceptors (Lipinski definition) is 13. The van der Waals surface area contributed by atoms with E-state index in [9.17, 15) is 43.5 Å². The number of carbonyl (C=O) groups is 2. The summed E-state index contributed by atoms with van der Waals surface area (Å²) < 4.78 is 49.5. The molecule has 10 unspecified atom stereocenters. The summed E-state index contributed by atoms with van der Waals surface area (Å²) in [6.45, 7) is 1.00. The first kappa shape index (κ1) is 24.8. The van der Waals surface area contributed by atoms with Crippen molar-refractivity contribution < 1.29 is 71.6 Å². The number of nitrogens with one attached hydrogen (secondary N) is 1. The largest absolute Gasteiger partial charge is 0.479 e. The van der Waals surface area contributed by atoms with Crippen LogP contribution in [0.25, 0.3) is 0 Å². The van der Waals surface area contributed by atoms with Crippen molar-refractivity contribution in [2.45, 2.75) is 68.5 Å². The highest BCUT2D eigenvalue weighted by molar-refractivity contribution is 7.80. The van der Waals surface area contributed by atoms with Crippen LogP contribution in [0.15, 0.2) is 0 Å². The number of carboxylic acids is 1. The molecule has 30 heavy (non-hydrogen) atoms. The molecule has 0 aromatic heterocycles. The van der Waals surface area contributed by atoms with Crippen molar-refractivity contribution in [3.63, 3.8) is 0 Å². The van der Waals surface area contributed by atoms with Crippen LogP contribution >= 0.6 is 0 Å². The summed E-state index contributed by atoms with van der Waals surface area (Å²) in [5.74, 6) is -2.51. The highest BCUT2D eigenvalue weighted by Crippen LogP contribution is 2.29. The van der Waals surface area contributed by atoms with Crippen molar-refractivity contribution in [1.29, 1.82) is 0 Å². The first-order valence-electron chi connectivity index (χ1n) is 8.25. The number of ether oxygens (including phenoxy) is 3. The molecule has 0 aromatic rings. The normalized spacial score (nSPS) is 42.5. The Morgan fingerprint density at radius 1 is 0.933 bits per heavy atom. The van der Waals surface area contributed by atoms with Crippen molar-refractivity contribution in [3.05, 3.63) is 0 Å². The summed E-state index contributed by atoms with van der Waals surface area (Å²) >= 11 is 0. The molecule has 8 N–H and O–H groups in total. The second-order valence-corrected chi connectivity index (χ2v) is 7.52. The Morgan fingerprint density at radius 3 is 2.03 bits per heavy atom. The Bertz CT molecular complexity index is 745. The average molecular weight is 463 g/mol. The number of aliphatic hydroxyl groups excluding tert-OH is 5. The number of carboxylic acid groups (broad SMARTS) is 1. The molecule has 174 valence electrons. The SMILES string of the molecule is CC(=O)NC1C(O)OC(OS(=O)(=O)O)C(O)C1OC1OC(C(=O)O)C(O)C(O)C1O. The molecule has 10 atom stereocenters. The van der Waals surface area contributed by atoms with Crippen LogP contribution < -0.4 is 5.32 Å². The molecule has 2 saturated heterocycles.